The van der Waals surface area contributed by atoms with Crippen molar-refractivity contribution in [2.24, 2.45) is 0 Å². The van der Waals surface area contributed by atoms with Crippen molar-refractivity contribution in [3.63, 3.8) is 0 Å². The molecule has 0 bridgehead atoms. The van der Waals surface area contributed by atoms with Crippen LogP contribution in [0.25, 0.3) is 11.3 Å². The number of hydrogen-bond donors (Lipinski definition) is 2. The van der Waals surface area contributed by atoms with Gasteiger partial charge in [-0.15, -0.1) is 11.3 Å². The predicted molar refractivity (Wildman–Crippen MR) is 101 cm³/mol. The molecule has 2 aliphatic heterocycles. The fourth-order valence-corrected chi connectivity index (χ4v) is 4.35. The van der Waals surface area contributed by atoms with Gasteiger partial charge in [-0.25, -0.2) is 5.01 Å². The van der Waals surface area contributed by atoms with Crippen LogP contribution in [0.4, 0.5) is 0 Å². The first-order valence-electron chi connectivity index (χ1n) is 8.43. The van der Waals surface area contributed by atoms with E-state index in [-0.39, 0.29) is 6.04 Å². The maximum absolute atomic E-state index is 10.0. The summed E-state index contributed by atoms with van der Waals surface area (Å²) in [6.07, 6.45) is 4.39. The number of hydrogen-bond acceptors (Lipinski definition) is 6. The molecule has 0 radical (unpaired) electrons. The van der Waals surface area contributed by atoms with Crippen molar-refractivity contribution in [2.45, 2.75) is 39.1 Å². The summed E-state index contributed by atoms with van der Waals surface area (Å²) >= 11 is 1.84. The van der Waals surface area contributed by atoms with E-state index in [1.807, 2.05) is 25.3 Å². The van der Waals surface area contributed by atoms with Gasteiger partial charge >= 0.3 is 0 Å². The molecule has 1 aromatic rings. The van der Waals surface area contributed by atoms with Crippen LogP contribution in [-0.4, -0.2) is 66.0 Å². The average Bonchev–Trinajstić information content (AvgIpc) is 3.04. The molecular formula is C18H28N4OS. The van der Waals surface area contributed by atoms with Gasteiger partial charge in [0.25, 0.3) is 0 Å². The highest BCUT2D eigenvalue weighted by molar-refractivity contribution is 7.13. The van der Waals surface area contributed by atoms with E-state index in [1.54, 1.807) is 0 Å². The average molecular weight is 349 g/mol. The standard InChI is InChI=1S/C18H28N4OS/c1-11(23)16-8-17(22(6)21(16)5)15-7-18(24-12(15)2)14-9-19-13(3)20(4)10-14/h7-8,10-11,13,16,19,23H,9H2,1-6H3. The van der Waals surface area contributed by atoms with Crippen molar-refractivity contribution in [1.29, 1.82) is 0 Å². The van der Waals surface area contributed by atoms with Gasteiger partial charge in [0.05, 0.1) is 24.0 Å². The second kappa shape index (κ2) is 6.52. The Bertz CT molecular complexity index is 679. The van der Waals surface area contributed by atoms with E-state index in [2.05, 4.69) is 66.5 Å². The van der Waals surface area contributed by atoms with Crippen molar-refractivity contribution in [2.75, 3.05) is 27.7 Å². The van der Waals surface area contributed by atoms with Crippen LogP contribution in [0.3, 0.4) is 0 Å². The number of hydrazine groups is 1. The molecule has 0 saturated carbocycles. The third-order valence-electron chi connectivity index (χ3n) is 5.14. The van der Waals surface area contributed by atoms with Crippen LogP contribution in [0.1, 0.15) is 29.2 Å². The second-order valence-electron chi connectivity index (χ2n) is 6.84. The van der Waals surface area contributed by atoms with Crippen LogP contribution < -0.4 is 5.32 Å². The molecular weight excluding hydrogens is 320 g/mol. The number of aryl methyl sites for hydroxylation is 1. The third kappa shape index (κ3) is 2.99. The van der Waals surface area contributed by atoms with E-state index in [0.29, 0.717) is 6.17 Å². The summed E-state index contributed by atoms with van der Waals surface area (Å²) in [5, 5.41) is 17.7. The molecule has 0 aromatic carbocycles. The third-order valence-corrected chi connectivity index (χ3v) is 6.27. The molecule has 6 heteroatoms. The normalized spacial score (nSPS) is 26.6. The van der Waals surface area contributed by atoms with Gasteiger partial charge in [0.2, 0.25) is 0 Å². The smallest absolute Gasteiger partial charge is 0.0761 e. The van der Waals surface area contributed by atoms with Gasteiger partial charge in [-0.1, -0.05) is 0 Å². The molecule has 2 aliphatic rings. The SMILES string of the molecule is Cc1sc(C2=CN(C)C(C)NC2)cc1C1=CC(C(C)O)N(C)N1C. The molecule has 0 aliphatic carbocycles. The molecule has 1 aromatic heterocycles. The van der Waals surface area contributed by atoms with Crippen LogP contribution in [0.15, 0.2) is 18.3 Å². The number of thiophene rings is 1. The van der Waals surface area contributed by atoms with Crippen LogP contribution >= 0.6 is 11.3 Å². The minimum Gasteiger partial charge on any atom is -0.391 e. The van der Waals surface area contributed by atoms with Gasteiger partial charge in [-0.2, -0.15) is 0 Å². The Morgan fingerprint density at radius 2 is 2.04 bits per heavy atom. The Hall–Kier alpha value is -1.34. The van der Waals surface area contributed by atoms with Crippen LogP contribution in [0.2, 0.25) is 0 Å². The predicted octanol–water partition coefficient (Wildman–Crippen LogP) is 2.16. The van der Waals surface area contributed by atoms with Gasteiger partial charge < -0.3 is 15.0 Å². The highest BCUT2D eigenvalue weighted by atomic mass is 32.1. The summed E-state index contributed by atoms with van der Waals surface area (Å²) in [6, 6.07) is 2.31. The van der Waals surface area contributed by atoms with Crippen LogP contribution in [0, 0.1) is 6.92 Å². The van der Waals surface area contributed by atoms with Gasteiger partial charge in [0.15, 0.2) is 0 Å². The molecule has 0 amide bonds. The Balaban J connectivity index is 1.93. The Kier molecular flexibility index (Phi) is 4.75. The summed E-state index contributed by atoms with van der Waals surface area (Å²) < 4.78 is 0. The fourth-order valence-electron chi connectivity index (χ4n) is 3.31. The number of nitrogens with one attached hydrogen (secondary N) is 1. The van der Waals surface area contributed by atoms with Gasteiger partial charge in [0.1, 0.15) is 0 Å². The lowest BCUT2D eigenvalue weighted by Crippen LogP contribution is -2.42. The minimum atomic E-state index is -0.395. The lowest BCUT2D eigenvalue weighted by Gasteiger charge is -2.30. The molecule has 0 fully saturated rings. The monoisotopic (exact) mass is 348 g/mol. The lowest BCUT2D eigenvalue weighted by atomic mass is 10.1. The number of rotatable bonds is 3. The molecule has 132 valence electrons. The van der Waals surface area contributed by atoms with Crippen molar-refractivity contribution in [1.82, 2.24) is 20.2 Å². The number of likely N-dealkylation sites (N-methyl/N-ethyl adjacent to an activating group) is 1. The zero-order chi connectivity index (χ0) is 17.6. The minimum absolute atomic E-state index is 0.0234. The van der Waals surface area contributed by atoms with Gasteiger partial charge in [0, 0.05) is 49.2 Å². The topological polar surface area (TPSA) is 42.0 Å². The van der Waals surface area contributed by atoms with Gasteiger partial charge in [-0.3, -0.25) is 5.32 Å². The zero-order valence-corrected chi connectivity index (χ0v) is 16.2. The summed E-state index contributed by atoms with van der Waals surface area (Å²) in [4.78, 5) is 4.84. The summed E-state index contributed by atoms with van der Waals surface area (Å²) in [5.41, 5.74) is 3.76. The molecule has 3 heterocycles. The lowest BCUT2D eigenvalue weighted by molar-refractivity contribution is 0.0191. The Labute approximate surface area is 148 Å². The van der Waals surface area contributed by atoms with E-state index < -0.39 is 6.10 Å². The first kappa shape index (κ1) is 17.5. The molecule has 3 unspecified atom stereocenters. The van der Waals surface area contributed by atoms with E-state index >= 15 is 0 Å². The number of nitrogens with zero attached hydrogens (tertiary/aromatic N) is 3. The maximum atomic E-state index is 10.0. The van der Waals surface area contributed by atoms with E-state index in [9.17, 15) is 5.11 Å². The number of aliphatic hydroxyl groups excluding tert-OH is 1. The Morgan fingerprint density at radius 1 is 1.33 bits per heavy atom. The highest BCUT2D eigenvalue weighted by Gasteiger charge is 2.31. The van der Waals surface area contributed by atoms with Crippen molar-refractivity contribution in [3.8, 4) is 0 Å². The van der Waals surface area contributed by atoms with Gasteiger partial charge in [-0.05, 0) is 38.5 Å². The molecule has 0 saturated heterocycles. The van der Waals surface area contributed by atoms with E-state index in [4.69, 9.17) is 0 Å². The van der Waals surface area contributed by atoms with Crippen molar-refractivity contribution >= 4 is 22.6 Å². The zero-order valence-electron chi connectivity index (χ0n) is 15.4. The fraction of sp³-hybridized carbons (Fsp3) is 0.556. The first-order valence-corrected chi connectivity index (χ1v) is 9.24. The molecule has 0 spiro atoms. The largest absolute Gasteiger partial charge is 0.391 e. The van der Waals surface area contributed by atoms with E-state index in [0.717, 1.165) is 6.54 Å². The number of aliphatic hydroxyl groups is 1. The van der Waals surface area contributed by atoms with Crippen molar-refractivity contribution < 1.29 is 5.11 Å². The summed E-state index contributed by atoms with van der Waals surface area (Å²) in [7, 11) is 6.18. The molecule has 5 nitrogen and oxygen atoms in total. The maximum Gasteiger partial charge on any atom is 0.0761 e. The summed E-state index contributed by atoms with van der Waals surface area (Å²) in [5.74, 6) is 0. The molecule has 3 atom stereocenters. The molecule has 2 N–H and O–H groups in total. The highest BCUT2D eigenvalue weighted by Crippen LogP contribution is 2.37. The van der Waals surface area contributed by atoms with E-state index in [1.165, 1.54) is 26.6 Å². The van der Waals surface area contributed by atoms with Crippen LogP contribution in [0.5, 0.6) is 0 Å². The first-order chi connectivity index (χ1) is 11.3. The van der Waals surface area contributed by atoms with Crippen molar-refractivity contribution in [3.05, 3.63) is 33.7 Å². The second-order valence-corrected chi connectivity index (χ2v) is 8.09. The quantitative estimate of drug-likeness (QED) is 0.876. The van der Waals surface area contributed by atoms with Crippen LogP contribution in [-0.2, 0) is 0 Å². The summed E-state index contributed by atoms with van der Waals surface area (Å²) in [6.45, 7) is 7.09. The Morgan fingerprint density at radius 3 is 2.62 bits per heavy atom. The molecule has 3 rings (SSSR count). The molecule has 24 heavy (non-hydrogen) atoms.